The summed E-state index contributed by atoms with van der Waals surface area (Å²) < 4.78 is 6.61. The van der Waals surface area contributed by atoms with Gasteiger partial charge >= 0.3 is 0 Å². The highest BCUT2D eigenvalue weighted by molar-refractivity contribution is 5.95. The number of aliphatic hydroxyl groups is 6. The first-order chi connectivity index (χ1) is 24.2. The van der Waals surface area contributed by atoms with Gasteiger partial charge in [-0.15, -0.1) is 0 Å². The summed E-state index contributed by atoms with van der Waals surface area (Å²) in [6.45, 7) is 6.79. The first kappa shape index (κ1) is 38.3. The quantitative estimate of drug-likeness (QED) is 0.177. The number of ether oxygens (including phenoxy) is 1. The first-order valence-electron chi connectivity index (χ1n) is 20.8. The second kappa shape index (κ2) is 14.3. The van der Waals surface area contributed by atoms with E-state index in [0.717, 1.165) is 69.9 Å². The van der Waals surface area contributed by atoms with Crippen LogP contribution in [0, 0.1) is 52.3 Å². The molecule has 290 valence electrons. The van der Waals surface area contributed by atoms with Gasteiger partial charge in [0, 0.05) is 36.2 Å². The number of piperidine rings is 1. The zero-order chi connectivity index (χ0) is 36.5. The summed E-state index contributed by atoms with van der Waals surface area (Å²) in [6.07, 6.45) is 10.7. The average molecular weight is 718 g/mol. The first-order valence-corrected chi connectivity index (χ1v) is 20.8. The molecule has 2 saturated heterocycles. The lowest BCUT2D eigenvalue weighted by molar-refractivity contribution is -0.703. The Morgan fingerprint density at radius 3 is 2.47 bits per heavy atom. The molecule has 5 aliphatic carbocycles. The molecule has 7 aliphatic rings. The van der Waals surface area contributed by atoms with Gasteiger partial charge < -0.3 is 40.7 Å². The van der Waals surface area contributed by atoms with E-state index < -0.39 is 58.3 Å². The summed E-state index contributed by atoms with van der Waals surface area (Å²) in [5.74, 6) is -0.0529. The van der Waals surface area contributed by atoms with Crippen LogP contribution in [-0.2, 0) is 9.53 Å². The minimum Gasteiger partial charge on any atom is -0.396 e. The molecule has 2 unspecified atom stereocenters. The summed E-state index contributed by atoms with van der Waals surface area (Å²) in [6, 6.07) is 0. The van der Waals surface area contributed by atoms with Gasteiger partial charge in [0.15, 0.2) is 5.78 Å². The number of nitrogens with two attached hydrogens (primary N) is 2. The van der Waals surface area contributed by atoms with E-state index in [4.69, 9.17) is 10.5 Å². The fourth-order valence-corrected chi connectivity index (χ4v) is 13.7. The van der Waals surface area contributed by atoms with Gasteiger partial charge in [0.05, 0.1) is 42.2 Å². The van der Waals surface area contributed by atoms with E-state index >= 15 is 0 Å². The van der Waals surface area contributed by atoms with Crippen LogP contribution in [0.4, 0.5) is 0 Å². The fraction of sp³-hybridized carbons (Fsp3) is 0.927. The molecule has 2 heterocycles. The van der Waals surface area contributed by atoms with Crippen LogP contribution in [0.2, 0.25) is 0 Å². The Morgan fingerprint density at radius 2 is 1.76 bits per heavy atom. The number of hydrogen-bond donors (Lipinski definition) is 8. The van der Waals surface area contributed by atoms with E-state index in [9.17, 15) is 35.4 Å². The molecule has 0 bridgehead atoms. The molecule has 2 aliphatic heterocycles. The van der Waals surface area contributed by atoms with Crippen molar-refractivity contribution in [2.75, 3.05) is 13.2 Å². The van der Waals surface area contributed by atoms with Crippen LogP contribution < -0.4 is 11.1 Å². The van der Waals surface area contributed by atoms with Gasteiger partial charge in [0.1, 0.15) is 12.3 Å². The Hall–Kier alpha value is -0.950. The third-order valence-corrected chi connectivity index (χ3v) is 16.6. The van der Waals surface area contributed by atoms with Crippen LogP contribution >= 0.6 is 0 Å². The number of fused-ring (bicyclic) bond motifs is 6. The predicted molar refractivity (Wildman–Crippen MR) is 192 cm³/mol. The van der Waals surface area contributed by atoms with Gasteiger partial charge in [-0.1, -0.05) is 33.1 Å². The predicted octanol–water partition coefficient (Wildman–Crippen LogP) is 2.30. The minimum absolute atomic E-state index is 0.0406. The summed E-state index contributed by atoms with van der Waals surface area (Å²) >= 11 is 0. The smallest absolute Gasteiger partial charge is 0.159 e. The molecular formula is C41H69N2O8+. The van der Waals surface area contributed by atoms with E-state index in [0.29, 0.717) is 43.9 Å². The zero-order valence-corrected chi connectivity index (χ0v) is 31.5. The second-order valence-corrected chi connectivity index (χ2v) is 19.1. The van der Waals surface area contributed by atoms with Crippen molar-refractivity contribution >= 4 is 5.78 Å². The molecule has 10 N–H and O–H groups in total. The molecular weight excluding hydrogens is 648 g/mol. The summed E-state index contributed by atoms with van der Waals surface area (Å²) in [7, 11) is 0. The second-order valence-electron chi connectivity index (χ2n) is 19.1. The minimum atomic E-state index is -1.61. The lowest BCUT2D eigenvalue weighted by Crippen LogP contribution is -2.95. The fourth-order valence-electron chi connectivity index (χ4n) is 13.7. The van der Waals surface area contributed by atoms with Crippen molar-refractivity contribution in [1.82, 2.24) is 0 Å². The maximum absolute atomic E-state index is 14.2. The van der Waals surface area contributed by atoms with Crippen LogP contribution in [0.5, 0.6) is 0 Å². The van der Waals surface area contributed by atoms with Crippen molar-refractivity contribution in [2.45, 2.75) is 171 Å². The number of allylic oxidation sites excluding steroid dienone is 1. The van der Waals surface area contributed by atoms with E-state index in [-0.39, 0.29) is 48.8 Å². The highest BCUT2D eigenvalue weighted by atomic mass is 16.5. The molecule has 10 heteroatoms. The maximum atomic E-state index is 14.2. The normalized spacial score (nSPS) is 50.2. The monoisotopic (exact) mass is 718 g/mol. The Balaban J connectivity index is 1.14. The molecule has 6 fully saturated rings. The Bertz CT molecular complexity index is 1300. The molecule has 10 nitrogen and oxygen atoms in total. The van der Waals surface area contributed by atoms with Crippen molar-refractivity contribution in [3.8, 4) is 0 Å². The SMILES string of the molecule is CCC[C@H]1CC[C@@H]2[C@H](CO)[C@H]([C@@H](O)[C@](C)(O)[C@@H]3CC[C@]4(O)C5=CC(=O)[C@H]6C[C@@H](O)[C@@H](O)C[C@]6(CCC6CCC(N)[NH2+]C6)[C@@H]5CC[C@]34C)O[C@@H]2CC1. The standard InChI is InChI=1S/C41H68N2O8/c1-4-5-23-6-9-25-26(22-44)36(51-33(25)10-7-23)37(48)39(3,49)34-14-17-41(50)28-18-30(45)29-19-31(46)32(47)20-40(29,27(28)13-15-38(34,41)2)16-12-24-8-11-35(42)43-21-24/h18,23-27,29,31-37,43-44,46-50H,4-17,19-22,42H2,1-3H3/p+1/t23-,24?,25+,26-,27+,29+,31+,32-,33+,34+,35?,36+,37+,38+,39+,40+,41-/m0/s1. The lowest BCUT2D eigenvalue weighted by Gasteiger charge is -2.62. The van der Waals surface area contributed by atoms with Gasteiger partial charge in [0.25, 0.3) is 0 Å². The van der Waals surface area contributed by atoms with Crippen molar-refractivity contribution in [1.29, 1.82) is 0 Å². The zero-order valence-electron chi connectivity index (χ0n) is 31.5. The summed E-state index contributed by atoms with van der Waals surface area (Å²) in [4.78, 5) is 14.2. The Labute approximate surface area is 305 Å². The highest BCUT2D eigenvalue weighted by Gasteiger charge is 2.70. The van der Waals surface area contributed by atoms with E-state index in [2.05, 4.69) is 12.2 Å². The molecule has 0 spiro atoms. The number of aliphatic hydroxyl groups excluding tert-OH is 4. The van der Waals surface area contributed by atoms with Gasteiger partial charge in [-0.3, -0.25) is 10.5 Å². The molecule has 0 aromatic carbocycles. The number of carbonyl (C=O) groups is 1. The Kier molecular flexibility index (Phi) is 10.7. The van der Waals surface area contributed by atoms with E-state index in [1.165, 1.54) is 6.42 Å². The summed E-state index contributed by atoms with van der Waals surface area (Å²) in [5, 5.41) is 72.4. The number of hydrogen-bond acceptors (Lipinski definition) is 9. The van der Waals surface area contributed by atoms with Gasteiger partial charge in [0.2, 0.25) is 0 Å². The largest absolute Gasteiger partial charge is 0.396 e. The molecule has 0 radical (unpaired) electrons. The molecule has 0 aromatic rings. The van der Waals surface area contributed by atoms with Crippen LogP contribution in [0.1, 0.15) is 124 Å². The topological polar surface area (TPSA) is 190 Å². The molecule has 4 saturated carbocycles. The highest BCUT2D eigenvalue weighted by Crippen LogP contribution is 2.69. The van der Waals surface area contributed by atoms with E-state index in [1.807, 2.05) is 6.92 Å². The average Bonchev–Trinajstić information content (AvgIpc) is 3.52. The number of quaternary nitrogens is 1. The molecule has 51 heavy (non-hydrogen) atoms. The maximum Gasteiger partial charge on any atom is 0.159 e. The van der Waals surface area contributed by atoms with Crippen molar-refractivity contribution in [2.24, 2.45) is 58.0 Å². The molecule has 17 atom stereocenters. The molecule has 7 rings (SSSR count). The molecule has 0 amide bonds. The van der Waals surface area contributed by atoms with Crippen molar-refractivity contribution < 1.29 is 45.5 Å². The number of ketones is 1. The number of rotatable bonds is 9. The molecule has 0 aromatic heterocycles. The Morgan fingerprint density at radius 1 is 1.02 bits per heavy atom. The van der Waals surface area contributed by atoms with Crippen LogP contribution in [0.25, 0.3) is 0 Å². The van der Waals surface area contributed by atoms with Crippen LogP contribution in [-0.4, -0.2) is 97.5 Å². The van der Waals surface area contributed by atoms with E-state index in [1.54, 1.807) is 13.0 Å². The van der Waals surface area contributed by atoms with Gasteiger partial charge in [-0.2, -0.15) is 0 Å². The lowest BCUT2D eigenvalue weighted by atomic mass is 9.44. The third kappa shape index (κ3) is 6.23. The van der Waals surface area contributed by atoms with Crippen molar-refractivity contribution in [3.05, 3.63) is 11.6 Å². The third-order valence-electron chi connectivity index (χ3n) is 16.6. The van der Waals surface area contributed by atoms with Crippen LogP contribution in [0.3, 0.4) is 0 Å². The summed E-state index contributed by atoms with van der Waals surface area (Å²) in [5.41, 5.74) is 2.55. The number of carbonyl (C=O) groups excluding carboxylic acids is 1. The van der Waals surface area contributed by atoms with Gasteiger partial charge in [-0.05, 0) is 125 Å². The van der Waals surface area contributed by atoms with Gasteiger partial charge in [-0.25, -0.2) is 0 Å². The van der Waals surface area contributed by atoms with Crippen LogP contribution in [0.15, 0.2) is 11.6 Å². The van der Waals surface area contributed by atoms with Crippen molar-refractivity contribution in [3.63, 3.8) is 0 Å².